The van der Waals surface area contributed by atoms with E-state index in [1.165, 1.54) is 6.42 Å². The highest BCUT2D eigenvalue weighted by molar-refractivity contribution is 5.64. The van der Waals surface area contributed by atoms with Crippen LogP contribution in [0.25, 0.3) is 0 Å². The third-order valence-corrected chi connectivity index (χ3v) is 2.59. The number of rotatable bonds is 6. The molecule has 0 saturated heterocycles. The molecule has 0 aromatic carbocycles. The van der Waals surface area contributed by atoms with Gasteiger partial charge in [-0.25, -0.2) is 0 Å². The van der Waals surface area contributed by atoms with Crippen molar-refractivity contribution in [2.24, 2.45) is 7.05 Å². The lowest BCUT2D eigenvalue weighted by Crippen LogP contribution is -2.15. The lowest BCUT2D eigenvalue weighted by Gasteiger charge is -2.10. The van der Waals surface area contributed by atoms with Gasteiger partial charge in [-0.1, -0.05) is 0 Å². The summed E-state index contributed by atoms with van der Waals surface area (Å²) in [5.74, 6) is 0.933. The molecule has 92 valence electrons. The second kappa shape index (κ2) is 5.75. The van der Waals surface area contributed by atoms with Crippen LogP contribution in [0.15, 0.2) is 0 Å². The lowest BCUT2D eigenvalue weighted by atomic mass is 10.3. The quantitative estimate of drug-likeness (QED) is 0.711. The van der Waals surface area contributed by atoms with E-state index < -0.39 is 0 Å². The van der Waals surface area contributed by atoms with Gasteiger partial charge in [0.1, 0.15) is 5.82 Å². The number of aryl methyl sites for hydroxylation is 2. The Morgan fingerprint density at radius 2 is 2.06 bits per heavy atom. The van der Waals surface area contributed by atoms with Crippen molar-refractivity contribution in [1.82, 2.24) is 14.7 Å². The second-order valence-corrected chi connectivity index (χ2v) is 4.41. The molecule has 16 heavy (non-hydrogen) atoms. The van der Waals surface area contributed by atoms with E-state index in [0.29, 0.717) is 0 Å². The smallest absolute Gasteiger partial charge is 0.147 e. The topological polar surface area (TPSA) is 59.1 Å². The Hall–Kier alpha value is -1.23. The van der Waals surface area contributed by atoms with Crippen molar-refractivity contribution < 1.29 is 0 Å². The number of anilines is 2. The zero-order valence-corrected chi connectivity index (χ0v) is 10.7. The molecule has 0 aliphatic carbocycles. The molecule has 0 bridgehead atoms. The maximum Gasteiger partial charge on any atom is 0.147 e. The molecule has 1 heterocycles. The first-order valence-corrected chi connectivity index (χ1v) is 5.70. The molecule has 0 spiro atoms. The number of nitrogens with two attached hydrogens (primary N) is 1. The number of aromatic nitrogens is 2. The van der Waals surface area contributed by atoms with Gasteiger partial charge >= 0.3 is 0 Å². The van der Waals surface area contributed by atoms with Gasteiger partial charge < -0.3 is 16.0 Å². The molecule has 1 rings (SSSR count). The second-order valence-electron chi connectivity index (χ2n) is 4.41. The van der Waals surface area contributed by atoms with E-state index in [0.717, 1.165) is 36.7 Å². The van der Waals surface area contributed by atoms with E-state index in [1.807, 2.05) is 14.0 Å². The number of hydrogen-bond acceptors (Lipinski definition) is 4. The lowest BCUT2D eigenvalue weighted by molar-refractivity contribution is 0.396. The van der Waals surface area contributed by atoms with E-state index >= 15 is 0 Å². The Morgan fingerprint density at radius 3 is 2.56 bits per heavy atom. The molecule has 5 heteroatoms. The standard InChI is InChI=1S/C11H23N5/c1-9-10(12)11(16(4)14-9)13-7-5-6-8-15(2)3/h13H,5-8,12H2,1-4H3. The molecule has 0 radical (unpaired) electrons. The minimum Gasteiger partial charge on any atom is -0.394 e. The third kappa shape index (κ3) is 3.41. The van der Waals surface area contributed by atoms with Crippen LogP contribution < -0.4 is 11.1 Å². The van der Waals surface area contributed by atoms with Gasteiger partial charge in [0.05, 0.1) is 11.4 Å². The summed E-state index contributed by atoms with van der Waals surface area (Å²) in [6.45, 7) is 3.99. The largest absolute Gasteiger partial charge is 0.394 e. The van der Waals surface area contributed by atoms with Crippen molar-refractivity contribution in [3.05, 3.63) is 5.69 Å². The highest BCUT2D eigenvalue weighted by Gasteiger charge is 2.08. The Morgan fingerprint density at radius 1 is 1.38 bits per heavy atom. The van der Waals surface area contributed by atoms with Gasteiger partial charge in [-0.2, -0.15) is 5.10 Å². The van der Waals surface area contributed by atoms with Gasteiger partial charge in [0.2, 0.25) is 0 Å². The van der Waals surface area contributed by atoms with E-state index in [1.54, 1.807) is 4.68 Å². The van der Waals surface area contributed by atoms with Gasteiger partial charge in [0.25, 0.3) is 0 Å². The summed E-state index contributed by atoms with van der Waals surface area (Å²) >= 11 is 0. The summed E-state index contributed by atoms with van der Waals surface area (Å²) < 4.78 is 1.80. The van der Waals surface area contributed by atoms with Crippen LogP contribution in [0.2, 0.25) is 0 Å². The molecule has 5 nitrogen and oxygen atoms in total. The van der Waals surface area contributed by atoms with Crippen molar-refractivity contribution in [1.29, 1.82) is 0 Å². The summed E-state index contributed by atoms with van der Waals surface area (Å²) in [4.78, 5) is 2.20. The molecule has 0 aliphatic rings. The van der Waals surface area contributed by atoms with Gasteiger partial charge in [-0.3, -0.25) is 4.68 Å². The van der Waals surface area contributed by atoms with Crippen LogP contribution in [0.3, 0.4) is 0 Å². The molecule has 0 unspecified atom stereocenters. The summed E-state index contributed by atoms with van der Waals surface area (Å²) in [5, 5.41) is 7.59. The Bertz CT molecular complexity index is 329. The number of hydrogen-bond donors (Lipinski definition) is 2. The molecule has 1 aromatic heterocycles. The monoisotopic (exact) mass is 225 g/mol. The predicted molar refractivity (Wildman–Crippen MR) is 68.6 cm³/mol. The number of nitrogens with zero attached hydrogens (tertiary/aromatic N) is 3. The van der Waals surface area contributed by atoms with Crippen LogP contribution in [0.4, 0.5) is 11.5 Å². The summed E-state index contributed by atoms with van der Waals surface area (Å²) in [5.41, 5.74) is 7.56. The third-order valence-electron chi connectivity index (χ3n) is 2.59. The average Bonchev–Trinajstić information content (AvgIpc) is 2.43. The number of nitrogens with one attached hydrogen (secondary N) is 1. The van der Waals surface area contributed by atoms with Crippen LogP contribution in [0, 0.1) is 6.92 Å². The fraction of sp³-hybridized carbons (Fsp3) is 0.727. The van der Waals surface area contributed by atoms with Crippen molar-refractivity contribution in [2.75, 3.05) is 38.2 Å². The Kier molecular flexibility index (Phi) is 4.61. The van der Waals surface area contributed by atoms with Gasteiger partial charge in [-0.15, -0.1) is 0 Å². The molecular weight excluding hydrogens is 202 g/mol. The maximum atomic E-state index is 5.91. The molecule has 0 atom stereocenters. The highest BCUT2D eigenvalue weighted by atomic mass is 15.3. The minimum absolute atomic E-state index is 0.759. The van der Waals surface area contributed by atoms with E-state index in [-0.39, 0.29) is 0 Å². The minimum atomic E-state index is 0.759. The zero-order valence-electron chi connectivity index (χ0n) is 10.7. The summed E-state index contributed by atoms with van der Waals surface area (Å²) in [6, 6.07) is 0. The Labute approximate surface area is 97.6 Å². The van der Waals surface area contributed by atoms with Gasteiger partial charge in [0, 0.05) is 13.6 Å². The SMILES string of the molecule is Cc1nn(C)c(NCCCCN(C)C)c1N. The molecule has 3 N–H and O–H groups in total. The number of unbranched alkanes of at least 4 members (excludes halogenated alkanes) is 1. The average molecular weight is 225 g/mol. The molecule has 0 aliphatic heterocycles. The van der Waals surface area contributed by atoms with Crippen LogP contribution in [0.1, 0.15) is 18.5 Å². The van der Waals surface area contributed by atoms with Crippen LogP contribution >= 0.6 is 0 Å². The molecular formula is C11H23N5. The first-order chi connectivity index (χ1) is 7.52. The molecule has 1 aromatic rings. The normalized spacial score (nSPS) is 11.1. The molecule has 0 amide bonds. The van der Waals surface area contributed by atoms with Crippen molar-refractivity contribution >= 4 is 11.5 Å². The van der Waals surface area contributed by atoms with Crippen molar-refractivity contribution in [3.63, 3.8) is 0 Å². The van der Waals surface area contributed by atoms with Crippen molar-refractivity contribution in [2.45, 2.75) is 19.8 Å². The Balaban J connectivity index is 2.32. The summed E-state index contributed by atoms with van der Waals surface area (Å²) in [6.07, 6.45) is 2.33. The maximum absolute atomic E-state index is 5.91. The summed E-state index contributed by atoms with van der Waals surface area (Å²) in [7, 11) is 6.09. The van der Waals surface area contributed by atoms with Crippen LogP contribution in [0.5, 0.6) is 0 Å². The first kappa shape index (κ1) is 12.8. The molecule has 0 fully saturated rings. The molecule has 0 saturated carbocycles. The van der Waals surface area contributed by atoms with Gasteiger partial charge in [-0.05, 0) is 40.4 Å². The van der Waals surface area contributed by atoms with E-state index in [2.05, 4.69) is 29.4 Å². The van der Waals surface area contributed by atoms with Gasteiger partial charge in [0.15, 0.2) is 0 Å². The van der Waals surface area contributed by atoms with Crippen molar-refractivity contribution in [3.8, 4) is 0 Å². The van der Waals surface area contributed by atoms with E-state index in [9.17, 15) is 0 Å². The zero-order chi connectivity index (χ0) is 12.1. The predicted octanol–water partition coefficient (Wildman–Crippen LogP) is 1.06. The fourth-order valence-corrected chi connectivity index (χ4v) is 1.64. The van der Waals surface area contributed by atoms with E-state index in [4.69, 9.17) is 5.73 Å². The number of nitrogen functional groups attached to an aromatic ring is 1. The van der Waals surface area contributed by atoms with Crippen LogP contribution in [-0.4, -0.2) is 41.9 Å². The van der Waals surface area contributed by atoms with Crippen LogP contribution in [-0.2, 0) is 7.05 Å². The first-order valence-electron chi connectivity index (χ1n) is 5.70. The highest BCUT2D eigenvalue weighted by Crippen LogP contribution is 2.20. The fourth-order valence-electron chi connectivity index (χ4n) is 1.64.